The summed E-state index contributed by atoms with van der Waals surface area (Å²) in [5.74, 6) is -2.35. The van der Waals surface area contributed by atoms with E-state index < -0.39 is 23.9 Å². The van der Waals surface area contributed by atoms with Crippen LogP contribution < -0.4 is 5.32 Å². The van der Waals surface area contributed by atoms with E-state index in [1.54, 1.807) is 0 Å². The van der Waals surface area contributed by atoms with Crippen molar-refractivity contribution in [3.8, 4) is 11.3 Å². The Bertz CT molecular complexity index is 713. The molecule has 1 aromatic heterocycles. The number of benzene rings is 1. The molecule has 134 valence electrons. The molecule has 1 aliphatic carbocycles. The lowest BCUT2D eigenvalue weighted by atomic mass is 9.78. The van der Waals surface area contributed by atoms with E-state index in [1.165, 1.54) is 6.20 Å². The lowest BCUT2D eigenvalue weighted by Crippen LogP contribution is -2.42. The zero-order valence-electron chi connectivity index (χ0n) is 13.6. The Hall–Kier alpha value is -2.31. The van der Waals surface area contributed by atoms with Gasteiger partial charge in [0.05, 0.1) is 18.7 Å². The van der Waals surface area contributed by atoms with Crippen molar-refractivity contribution in [1.82, 2.24) is 10.3 Å². The summed E-state index contributed by atoms with van der Waals surface area (Å²) in [6, 6.07) is 9.32. The molecule has 4 nitrogen and oxygen atoms in total. The largest absolute Gasteiger partial charge is 0.439 e. The fourth-order valence-electron chi connectivity index (χ4n) is 3.26. The quantitative estimate of drug-likeness (QED) is 0.891. The molecule has 3 rings (SSSR count). The third kappa shape index (κ3) is 4.21. The zero-order valence-corrected chi connectivity index (χ0v) is 13.6. The van der Waals surface area contributed by atoms with Gasteiger partial charge in [0.15, 0.2) is 5.76 Å². The van der Waals surface area contributed by atoms with Gasteiger partial charge in [0.1, 0.15) is 0 Å². The molecule has 0 radical (unpaired) electrons. The van der Waals surface area contributed by atoms with Crippen LogP contribution in [0.25, 0.3) is 11.3 Å². The molecule has 1 fully saturated rings. The van der Waals surface area contributed by atoms with E-state index in [0.717, 1.165) is 5.56 Å². The van der Waals surface area contributed by atoms with Crippen molar-refractivity contribution >= 4 is 5.91 Å². The van der Waals surface area contributed by atoms with Crippen molar-refractivity contribution in [1.29, 1.82) is 0 Å². The highest BCUT2D eigenvalue weighted by molar-refractivity contribution is 5.79. The van der Waals surface area contributed by atoms with E-state index in [2.05, 4.69) is 10.3 Å². The first-order valence-corrected chi connectivity index (χ1v) is 8.29. The van der Waals surface area contributed by atoms with E-state index in [1.807, 2.05) is 30.3 Å². The van der Waals surface area contributed by atoms with Crippen LogP contribution in [-0.4, -0.2) is 17.1 Å². The number of alkyl halides is 3. The Morgan fingerprint density at radius 3 is 2.64 bits per heavy atom. The van der Waals surface area contributed by atoms with Crippen molar-refractivity contribution in [2.75, 3.05) is 0 Å². The van der Waals surface area contributed by atoms with Crippen molar-refractivity contribution < 1.29 is 22.4 Å². The van der Waals surface area contributed by atoms with Gasteiger partial charge in [0.25, 0.3) is 0 Å². The molecule has 1 heterocycles. The van der Waals surface area contributed by atoms with E-state index in [9.17, 15) is 18.0 Å². The Kier molecular flexibility index (Phi) is 5.11. The van der Waals surface area contributed by atoms with Crippen LogP contribution in [0, 0.1) is 11.8 Å². The topological polar surface area (TPSA) is 55.1 Å². The average molecular weight is 352 g/mol. The van der Waals surface area contributed by atoms with Gasteiger partial charge in [-0.2, -0.15) is 13.2 Å². The minimum Gasteiger partial charge on any atom is -0.439 e. The van der Waals surface area contributed by atoms with Crippen LogP contribution in [0.4, 0.5) is 13.2 Å². The maximum Gasteiger partial charge on any atom is 0.392 e. The molecule has 1 saturated carbocycles. The number of hydrogen-bond donors (Lipinski definition) is 1. The van der Waals surface area contributed by atoms with E-state index >= 15 is 0 Å². The number of rotatable bonds is 4. The third-order valence-corrected chi connectivity index (χ3v) is 4.55. The Morgan fingerprint density at radius 1 is 1.20 bits per heavy atom. The van der Waals surface area contributed by atoms with Gasteiger partial charge in [0, 0.05) is 11.5 Å². The Balaban J connectivity index is 1.61. The number of carbonyl (C=O) groups is 1. The van der Waals surface area contributed by atoms with Crippen LogP contribution in [0.5, 0.6) is 0 Å². The van der Waals surface area contributed by atoms with Crippen molar-refractivity contribution in [3.63, 3.8) is 0 Å². The summed E-state index contributed by atoms with van der Waals surface area (Å²) >= 11 is 0. The van der Waals surface area contributed by atoms with Crippen LogP contribution >= 0.6 is 0 Å². The molecule has 0 aliphatic heterocycles. The number of nitrogens with zero attached hydrogens (tertiary/aromatic N) is 1. The van der Waals surface area contributed by atoms with E-state index in [0.29, 0.717) is 18.6 Å². The van der Waals surface area contributed by atoms with Gasteiger partial charge in [-0.1, -0.05) is 43.2 Å². The molecule has 7 heteroatoms. The molecular weight excluding hydrogens is 333 g/mol. The number of oxazole rings is 1. The normalized spacial score (nSPS) is 21.1. The molecule has 2 atom stereocenters. The van der Waals surface area contributed by atoms with Crippen molar-refractivity contribution in [2.24, 2.45) is 11.8 Å². The second-order valence-electron chi connectivity index (χ2n) is 6.24. The monoisotopic (exact) mass is 352 g/mol. The summed E-state index contributed by atoms with van der Waals surface area (Å²) < 4.78 is 44.8. The second-order valence-corrected chi connectivity index (χ2v) is 6.24. The van der Waals surface area contributed by atoms with Gasteiger partial charge >= 0.3 is 6.18 Å². The zero-order chi connectivity index (χ0) is 17.9. The SMILES string of the molecule is O=C(NCc1ncc(-c2ccccc2)o1)[C@H]1CCCC[C@H]1C(F)(F)F. The van der Waals surface area contributed by atoms with Gasteiger partial charge < -0.3 is 9.73 Å². The van der Waals surface area contributed by atoms with Gasteiger partial charge in [0.2, 0.25) is 11.8 Å². The fraction of sp³-hybridized carbons (Fsp3) is 0.444. The second kappa shape index (κ2) is 7.29. The number of hydrogen-bond acceptors (Lipinski definition) is 3. The molecule has 2 aromatic rings. The number of amides is 1. The van der Waals surface area contributed by atoms with Crippen LogP contribution in [0.3, 0.4) is 0 Å². The number of carbonyl (C=O) groups excluding carboxylic acids is 1. The predicted octanol–water partition coefficient (Wildman–Crippen LogP) is 4.33. The molecule has 1 N–H and O–H groups in total. The van der Waals surface area contributed by atoms with Crippen molar-refractivity contribution in [2.45, 2.75) is 38.4 Å². The first-order chi connectivity index (χ1) is 11.9. The lowest BCUT2D eigenvalue weighted by Gasteiger charge is -2.31. The van der Waals surface area contributed by atoms with Crippen LogP contribution in [-0.2, 0) is 11.3 Å². The van der Waals surface area contributed by atoms with Crippen LogP contribution in [0.15, 0.2) is 40.9 Å². The summed E-state index contributed by atoms with van der Waals surface area (Å²) in [5.41, 5.74) is 0.844. The van der Waals surface area contributed by atoms with Crippen molar-refractivity contribution in [3.05, 3.63) is 42.4 Å². The Morgan fingerprint density at radius 2 is 1.92 bits per heavy atom. The highest BCUT2D eigenvalue weighted by Crippen LogP contribution is 2.41. The third-order valence-electron chi connectivity index (χ3n) is 4.55. The van der Waals surface area contributed by atoms with E-state index in [-0.39, 0.29) is 25.3 Å². The molecule has 1 aliphatic rings. The highest BCUT2D eigenvalue weighted by Gasteiger charge is 2.47. The maximum absolute atomic E-state index is 13.1. The van der Waals surface area contributed by atoms with Gasteiger partial charge in [-0.25, -0.2) is 4.98 Å². The van der Waals surface area contributed by atoms with Crippen LogP contribution in [0.1, 0.15) is 31.6 Å². The Labute approximate surface area is 143 Å². The first-order valence-electron chi connectivity index (χ1n) is 8.29. The van der Waals surface area contributed by atoms with Gasteiger partial charge in [-0.3, -0.25) is 4.79 Å². The molecule has 0 saturated heterocycles. The molecule has 25 heavy (non-hydrogen) atoms. The highest BCUT2D eigenvalue weighted by atomic mass is 19.4. The average Bonchev–Trinajstić information content (AvgIpc) is 3.09. The molecule has 1 amide bonds. The predicted molar refractivity (Wildman–Crippen MR) is 85.3 cm³/mol. The number of aromatic nitrogens is 1. The maximum atomic E-state index is 13.1. The minimum absolute atomic E-state index is 0.0126. The molecule has 0 unspecified atom stereocenters. The summed E-state index contributed by atoms with van der Waals surface area (Å²) in [4.78, 5) is 16.3. The summed E-state index contributed by atoms with van der Waals surface area (Å²) in [7, 11) is 0. The number of nitrogens with one attached hydrogen (secondary N) is 1. The standard InChI is InChI=1S/C18H19F3N2O2/c19-18(20,21)14-9-5-4-8-13(14)17(24)23-11-16-22-10-15(25-16)12-6-2-1-3-7-12/h1-3,6-7,10,13-14H,4-5,8-9,11H2,(H,23,24)/t13-,14+/m0/s1. The summed E-state index contributed by atoms with van der Waals surface area (Å²) in [6.45, 7) is -0.0211. The van der Waals surface area contributed by atoms with Crippen LogP contribution in [0.2, 0.25) is 0 Å². The minimum atomic E-state index is -4.34. The van der Waals surface area contributed by atoms with Gasteiger partial charge in [-0.05, 0) is 12.8 Å². The fourth-order valence-corrected chi connectivity index (χ4v) is 3.26. The molecule has 0 spiro atoms. The number of halogens is 3. The molecular formula is C18H19F3N2O2. The lowest BCUT2D eigenvalue weighted by molar-refractivity contribution is -0.198. The van der Waals surface area contributed by atoms with Gasteiger partial charge in [-0.15, -0.1) is 0 Å². The molecule has 1 aromatic carbocycles. The first kappa shape index (κ1) is 17.5. The molecule has 0 bridgehead atoms. The smallest absolute Gasteiger partial charge is 0.392 e. The summed E-state index contributed by atoms with van der Waals surface area (Å²) in [6.07, 6.45) is -1.38. The van der Waals surface area contributed by atoms with E-state index in [4.69, 9.17) is 4.42 Å². The summed E-state index contributed by atoms with van der Waals surface area (Å²) in [5, 5.41) is 2.54.